The monoisotopic (exact) mass is 211 g/mol. The van der Waals surface area contributed by atoms with E-state index in [0.717, 1.165) is 0 Å². The molecule has 82 valence electrons. The predicted octanol–water partition coefficient (Wildman–Crippen LogP) is -0.138. The fraction of sp³-hybridized carbons (Fsp3) is 0.444. The molecule has 1 aromatic rings. The van der Waals surface area contributed by atoms with Gasteiger partial charge in [-0.3, -0.25) is 14.3 Å². The summed E-state index contributed by atoms with van der Waals surface area (Å²) >= 11 is 0. The highest BCUT2D eigenvalue weighted by atomic mass is 16.4. The Kier molecular flexibility index (Phi) is 3.84. The third-order valence-electron chi connectivity index (χ3n) is 1.75. The molecule has 0 saturated carbocycles. The molecular weight excluding hydrogens is 198 g/mol. The minimum Gasteiger partial charge on any atom is -0.481 e. The van der Waals surface area contributed by atoms with Crippen molar-refractivity contribution < 1.29 is 14.7 Å². The van der Waals surface area contributed by atoms with Crippen molar-refractivity contribution in [1.82, 2.24) is 15.1 Å². The largest absolute Gasteiger partial charge is 0.481 e. The van der Waals surface area contributed by atoms with E-state index in [1.807, 2.05) is 0 Å². The van der Waals surface area contributed by atoms with Crippen molar-refractivity contribution in [3.05, 3.63) is 18.5 Å². The average molecular weight is 211 g/mol. The van der Waals surface area contributed by atoms with Crippen molar-refractivity contribution in [3.8, 4) is 0 Å². The van der Waals surface area contributed by atoms with E-state index in [9.17, 15) is 9.59 Å². The van der Waals surface area contributed by atoms with Crippen LogP contribution in [0.1, 0.15) is 13.3 Å². The molecule has 0 aliphatic heterocycles. The summed E-state index contributed by atoms with van der Waals surface area (Å²) in [5.74, 6) is -1.17. The summed E-state index contributed by atoms with van der Waals surface area (Å²) in [5.41, 5.74) is 0. The molecule has 1 amide bonds. The standard InChI is InChI=1S/C9H13N3O3/c1-7(5-9(14)15)11-8(13)6-12-4-2-3-10-12/h2-4,7H,5-6H2,1H3,(H,11,13)(H,14,15). The first-order valence-electron chi connectivity index (χ1n) is 4.56. The van der Waals surface area contributed by atoms with Crippen molar-refractivity contribution in [1.29, 1.82) is 0 Å². The van der Waals surface area contributed by atoms with Crippen LogP contribution in [0.5, 0.6) is 0 Å². The number of amides is 1. The number of carbonyl (C=O) groups excluding carboxylic acids is 1. The highest BCUT2D eigenvalue weighted by Gasteiger charge is 2.10. The van der Waals surface area contributed by atoms with E-state index >= 15 is 0 Å². The number of hydrogen-bond acceptors (Lipinski definition) is 3. The molecule has 0 aromatic carbocycles. The first-order chi connectivity index (χ1) is 7.08. The number of nitrogens with zero attached hydrogens (tertiary/aromatic N) is 2. The summed E-state index contributed by atoms with van der Waals surface area (Å²) in [6, 6.07) is 1.35. The van der Waals surface area contributed by atoms with Crippen LogP contribution in [0.3, 0.4) is 0 Å². The van der Waals surface area contributed by atoms with Crippen LogP contribution in [0.15, 0.2) is 18.5 Å². The number of carbonyl (C=O) groups is 2. The van der Waals surface area contributed by atoms with Crippen LogP contribution in [0.25, 0.3) is 0 Å². The lowest BCUT2D eigenvalue weighted by Crippen LogP contribution is -2.36. The normalized spacial score (nSPS) is 12.1. The number of carboxylic acid groups (broad SMARTS) is 1. The quantitative estimate of drug-likeness (QED) is 0.710. The van der Waals surface area contributed by atoms with Crippen molar-refractivity contribution in [2.75, 3.05) is 0 Å². The van der Waals surface area contributed by atoms with E-state index < -0.39 is 5.97 Å². The van der Waals surface area contributed by atoms with Gasteiger partial charge in [-0.15, -0.1) is 0 Å². The zero-order valence-corrected chi connectivity index (χ0v) is 8.38. The van der Waals surface area contributed by atoms with Crippen LogP contribution in [-0.2, 0) is 16.1 Å². The molecule has 6 heteroatoms. The lowest BCUT2D eigenvalue weighted by atomic mass is 10.2. The molecular formula is C9H13N3O3. The Morgan fingerprint density at radius 1 is 1.60 bits per heavy atom. The Morgan fingerprint density at radius 2 is 2.33 bits per heavy atom. The lowest BCUT2D eigenvalue weighted by Gasteiger charge is -2.11. The molecule has 1 atom stereocenters. The van der Waals surface area contributed by atoms with E-state index in [2.05, 4.69) is 10.4 Å². The molecule has 6 nitrogen and oxygen atoms in total. The molecule has 1 heterocycles. The Hall–Kier alpha value is -1.85. The number of hydrogen-bond donors (Lipinski definition) is 2. The van der Waals surface area contributed by atoms with Gasteiger partial charge in [0, 0.05) is 18.4 Å². The van der Waals surface area contributed by atoms with Crippen LogP contribution in [0, 0.1) is 0 Å². The predicted molar refractivity (Wildman–Crippen MR) is 52.1 cm³/mol. The van der Waals surface area contributed by atoms with E-state index in [1.54, 1.807) is 25.4 Å². The first kappa shape index (κ1) is 11.2. The van der Waals surface area contributed by atoms with Crippen LogP contribution >= 0.6 is 0 Å². The highest BCUT2D eigenvalue weighted by molar-refractivity contribution is 5.77. The number of aliphatic carboxylic acids is 1. The van der Waals surface area contributed by atoms with Gasteiger partial charge in [0.1, 0.15) is 6.54 Å². The lowest BCUT2D eigenvalue weighted by molar-refractivity contribution is -0.137. The molecule has 0 saturated heterocycles. The van der Waals surface area contributed by atoms with Crippen molar-refractivity contribution in [2.24, 2.45) is 0 Å². The second-order valence-electron chi connectivity index (χ2n) is 3.27. The minimum absolute atomic E-state index is 0.0785. The van der Waals surface area contributed by atoms with Crippen LogP contribution in [-0.4, -0.2) is 32.8 Å². The Labute approximate surface area is 86.9 Å². The van der Waals surface area contributed by atoms with E-state index in [4.69, 9.17) is 5.11 Å². The zero-order valence-electron chi connectivity index (χ0n) is 8.38. The molecule has 0 fully saturated rings. The van der Waals surface area contributed by atoms with Crippen molar-refractivity contribution in [3.63, 3.8) is 0 Å². The fourth-order valence-corrected chi connectivity index (χ4v) is 1.17. The molecule has 1 rings (SSSR count). The topological polar surface area (TPSA) is 84.2 Å². The highest BCUT2D eigenvalue weighted by Crippen LogP contribution is 1.91. The second kappa shape index (κ2) is 5.14. The van der Waals surface area contributed by atoms with Crippen LogP contribution < -0.4 is 5.32 Å². The smallest absolute Gasteiger partial charge is 0.305 e. The van der Waals surface area contributed by atoms with Gasteiger partial charge in [-0.25, -0.2) is 0 Å². The molecule has 0 radical (unpaired) electrons. The van der Waals surface area contributed by atoms with Gasteiger partial charge in [-0.2, -0.15) is 5.10 Å². The fourth-order valence-electron chi connectivity index (χ4n) is 1.17. The molecule has 1 aromatic heterocycles. The molecule has 0 spiro atoms. The number of rotatable bonds is 5. The van der Waals surface area contributed by atoms with Gasteiger partial charge in [0.05, 0.1) is 6.42 Å². The summed E-state index contributed by atoms with van der Waals surface area (Å²) in [5, 5.41) is 14.9. The Balaban J connectivity index is 2.33. The summed E-state index contributed by atoms with van der Waals surface area (Å²) in [6.45, 7) is 1.76. The maximum absolute atomic E-state index is 11.3. The van der Waals surface area contributed by atoms with E-state index in [-0.39, 0.29) is 24.9 Å². The average Bonchev–Trinajstić information content (AvgIpc) is 2.53. The van der Waals surface area contributed by atoms with E-state index in [0.29, 0.717) is 0 Å². The van der Waals surface area contributed by atoms with E-state index in [1.165, 1.54) is 4.68 Å². The minimum atomic E-state index is -0.929. The summed E-state index contributed by atoms with van der Waals surface area (Å²) in [4.78, 5) is 21.7. The maximum atomic E-state index is 11.3. The summed E-state index contributed by atoms with van der Waals surface area (Å²) < 4.78 is 1.48. The van der Waals surface area contributed by atoms with Gasteiger partial charge in [-0.1, -0.05) is 0 Å². The molecule has 1 unspecified atom stereocenters. The zero-order chi connectivity index (χ0) is 11.3. The van der Waals surface area contributed by atoms with Crippen LogP contribution in [0.4, 0.5) is 0 Å². The molecule has 0 aliphatic rings. The molecule has 0 aliphatic carbocycles. The summed E-state index contributed by atoms with van der Waals surface area (Å²) in [6.07, 6.45) is 3.17. The van der Waals surface area contributed by atoms with Gasteiger partial charge < -0.3 is 10.4 Å². The molecule has 2 N–H and O–H groups in total. The summed E-state index contributed by atoms with van der Waals surface area (Å²) in [7, 11) is 0. The van der Waals surface area contributed by atoms with Gasteiger partial charge in [0.25, 0.3) is 0 Å². The van der Waals surface area contributed by atoms with Gasteiger partial charge in [0.2, 0.25) is 5.91 Å². The number of aromatic nitrogens is 2. The van der Waals surface area contributed by atoms with Crippen LogP contribution in [0.2, 0.25) is 0 Å². The Morgan fingerprint density at radius 3 is 2.87 bits per heavy atom. The maximum Gasteiger partial charge on any atom is 0.305 e. The second-order valence-corrected chi connectivity index (χ2v) is 3.27. The van der Waals surface area contributed by atoms with Gasteiger partial charge >= 0.3 is 5.97 Å². The molecule has 15 heavy (non-hydrogen) atoms. The number of nitrogens with one attached hydrogen (secondary N) is 1. The number of carboxylic acids is 1. The third-order valence-corrected chi connectivity index (χ3v) is 1.75. The van der Waals surface area contributed by atoms with Crippen molar-refractivity contribution in [2.45, 2.75) is 25.9 Å². The van der Waals surface area contributed by atoms with Gasteiger partial charge in [0.15, 0.2) is 0 Å². The third kappa shape index (κ3) is 4.26. The Bertz CT molecular complexity index is 334. The van der Waals surface area contributed by atoms with Gasteiger partial charge in [-0.05, 0) is 13.0 Å². The first-order valence-corrected chi connectivity index (χ1v) is 4.56. The SMILES string of the molecule is CC(CC(=O)O)NC(=O)Cn1cccn1. The van der Waals surface area contributed by atoms with Crippen molar-refractivity contribution >= 4 is 11.9 Å². The molecule has 0 bridgehead atoms.